The molecule has 102 valence electrons. The molecule has 2 aromatic carbocycles. The number of thiophene rings is 1. The zero-order valence-electron chi connectivity index (χ0n) is 10.8. The van der Waals surface area contributed by atoms with Gasteiger partial charge in [-0.05, 0) is 34.5 Å². The average Bonchev–Trinajstić information content (AvgIpc) is 2.90. The van der Waals surface area contributed by atoms with E-state index in [0.29, 0.717) is 0 Å². The maximum Gasteiger partial charge on any atom is 0.120 e. The number of halogens is 1. The normalized spacial score (nSPS) is 12.6. The molecule has 0 amide bonds. The number of fused-ring (bicyclic) bond motifs is 1. The van der Waals surface area contributed by atoms with Crippen LogP contribution in [0.3, 0.4) is 0 Å². The Morgan fingerprint density at radius 1 is 1.15 bits per heavy atom. The molecular weight excluding hydrogens is 336 g/mol. The number of benzene rings is 2. The second-order valence-corrected chi connectivity index (χ2v) is 6.24. The lowest BCUT2D eigenvalue weighted by molar-refractivity contribution is 0.221. The van der Waals surface area contributed by atoms with Gasteiger partial charge in [0.05, 0.1) is 7.11 Å². The van der Waals surface area contributed by atoms with Crippen LogP contribution in [-0.4, -0.2) is 12.2 Å². The molecule has 0 radical (unpaired) electrons. The van der Waals surface area contributed by atoms with Crippen molar-refractivity contribution >= 4 is 37.4 Å². The topological polar surface area (TPSA) is 29.5 Å². The van der Waals surface area contributed by atoms with Crippen molar-refractivity contribution in [1.29, 1.82) is 0 Å². The Kier molecular flexibility index (Phi) is 3.78. The number of aliphatic hydroxyl groups excluding tert-OH is 1. The van der Waals surface area contributed by atoms with Crippen molar-refractivity contribution in [3.8, 4) is 5.75 Å². The van der Waals surface area contributed by atoms with Crippen molar-refractivity contribution in [2.45, 2.75) is 6.10 Å². The summed E-state index contributed by atoms with van der Waals surface area (Å²) in [5.74, 6) is 0.767. The number of hydrogen-bond donors (Lipinski definition) is 1. The standard InChI is InChI=1S/C16H13BrO2S/c1-19-10-6-7-12(14(17)8-10)16(18)13-9-20-15-5-3-2-4-11(13)15/h2-9,16,18H,1H3. The molecule has 3 aromatic rings. The summed E-state index contributed by atoms with van der Waals surface area (Å²) in [4.78, 5) is 0. The van der Waals surface area contributed by atoms with E-state index >= 15 is 0 Å². The van der Waals surface area contributed by atoms with Gasteiger partial charge in [-0.2, -0.15) is 0 Å². The van der Waals surface area contributed by atoms with E-state index in [4.69, 9.17) is 4.74 Å². The van der Waals surface area contributed by atoms with Gasteiger partial charge < -0.3 is 9.84 Å². The molecular formula is C16H13BrO2S. The van der Waals surface area contributed by atoms with Gasteiger partial charge in [-0.1, -0.05) is 40.2 Å². The lowest BCUT2D eigenvalue weighted by Crippen LogP contribution is -2.00. The summed E-state index contributed by atoms with van der Waals surface area (Å²) < 4.78 is 7.21. The molecule has 2 nitrogen and oxygen atoms in total. The van der Waals surface area contributed by atoms with Gasteiger partial charge in [-0.25, -0.2) is 0 Å². The van der Waals surface area contributed by atoms with Gasteiger partial charge in [0.25, 0.3) is 0 Å². The van der Waals surface area contributed by atoms with Crippen molar-refractivity contribution in [2.24, 2.45) is 0 Å². The molecule has 20 heavy (non-hydrogen) atoms. The summed E-state index contributed by atoms with van der Waals surface area (Å²) in [6.07, 6.45) is -0.647. The predicted molar refractivity (Wildman–Crippen MR) is 86.6 cm³/mol. The van der Waals surface area contributed by atoms with E-state index in [-0.39, 0.29) is 0 Å². The minimum absolute atomic E-state index is 0.647. The van der Waals surface area contributed by atoms with Gasteiger partial charge in [0, 0.05) is 14.7 Å². The Morgan fingerprint density at radius 3 is 2.70 bits per heavy atom. The van der Waals surface area contributed by atoms with Crippen molar-refractivity contribution in [3.05, 3.63) is 63.4 Å². The third kappa shape index (κ3) is 2.35. The number of rotatable bonds is 3. The molecule has 0 aliphatic carbocycles. The number of methoxy groups -OCH3 is 1. The van der Waals surface area contributed by atoms with Crippen LogP contribution in [-0.2, 0) is 0 Å². The van der Waals surface area contributed by atoms with Crippen LogP contribution in [0.2, 0.25) is 0 Å². The Balaban J connectivity index is 2.06. The molecule has 1 N–H and O–H groups in total. The van der Waals surface area contributed by atoms with Crippen LogP contribution in [0.5, 0.6) is 5.75 Å². The van der Waals surface area contributed by atoms with Crippen molar-refractivity contribution in [1.82, 2.24) is 0 Å². The fraction of sp³-hybridized carbons (Fsp3) is 0.125. The van der Waals surface area contributed by atoms with Crippen LogP contribution in [0.1, 0.15) is 17.2 Å². The highest BCUT2D eigenvalue weighted by Crippen LogP contribution is 2.36. The van der Waals surface area contributed by atoms with Gasteiger partial charge in [-0.3, -0.25) is 0 Å². The van der Waals surface area contributed by atoms with E-state index in [1.807, 2.05) is 41.8 Å². The third-order valence-corrected chi connectivity index (χ3v) is 4.98. The summed E-state index contributed by atoms with van der Waals surface area (Å²) in [5.41, 5.74) is 1.78. The van der Waals surface area contributed by atoms with Crippen LogP contribution >= 0.6 is 27.3 Å². The molecule has 1 atom stereocenters. The largest absolute Gasteiger partial charge is 0.497 e. The Labute approximate surface area is 129 Å². The molecule has 1 aromatic heterocycles. The Bertz CT molecular complexity index is 751. The number of ether oxygens (including phenoxy) is 1. The first kappa shape index (κ1) is 13.6. The van der Waals surface area contributed by atoms with Gasteiger partial charge in [0.2, 0.25) is 0 Å². The highest BCUT2D eigenvalue weighted by molar-refractivity contribution is 9.10. The maximum absolute atomic E-state index is 10.7. The van der Waals surface area contributed by atoms with Crippen LogP contribution < -0.4 is 4.74 Å². The summed E-state index contributed by atoms with van der Waals surface area (Å²) in [6, 6.07) is 13.7. The predicted octanol–water partition coefficient (Wildman–Crippen LogP) is 4.75. The highest BCUT2D eigenvalue weighted by Gasteiger charge is 2.17. The number of aliphatic hydroxyl groups is 1. The lowest BCUT2D eigenvalue weighted by atomic mass is 10.0. The number of hydrogen-bond acceptors (Lipinski definition) is 3. The molecule has 3 rings (SSSR count). The summed E-state index contributed by atoms with van der Waals surface area (Å²) in [5, 5.41) is 13.8. The van der Waals surface area contributed by atoms with E-state index in [2.05, 4.69) is 22.0 Å². The lowest BCUT2D eigenvalue weighted by Gasteiger charge is -2.13. The van der Waals surface area contributed by atoms with E-state index in [9.17, 15) is 5.11 Å². The van der Waals surface area contributed by atoms with Gasteiger partial charge in [-0.15, -0.1) is 11.3 Å². The summed E-state index contributed by atoms with van der Waals surface area (Å²) >= 11 is 5.15. The zero-order chi connectivity index (χ0) is 14.1. The third-order valence-electron chi connectivity index (χ3n) is 3.31. The van der Waals surface area contributed by atoms with E-state index < -0.39 is 6.10 Å². The minimum Gasteiger partial charge on any atom is -0.497 e. The second-order valence-electron chi connectivity index (χ2n) is 4.48. The first-order valence-electron chi connectivity index (χ1n) is 6.18. The Hall–Kier alpha value is -1.36. The molecule has 0 aliphatic rings. The molecule has 0 bridgehead atoms. The van der Waals surface area contributed by atoms with Crippen molar-refractivity contribution in [2.75, 3.05) is 7.11 Å². The second kappa shape index (κ2) is 5.56. The van der Waals surface area contributed by atoms with Crippen molar-refractivity contribution < 1.29 is 9.84 Å². The molecule has 4 heteroatoms. The van der Waals surface area contributed by atoms with Gasteiger partial charge in [0.1, 0.15) is 11.9 Å². The molecule has 0 spiro atoms. The monoisotopic (exact) mass is 348 g/mol. The maximum atomic E-state index is 10.7. The van der Waals surface area contributed by atoms with Crippen molar-refractivity contribution in [3.63, 3.8) is 0 Å². The Morgan fingerprint density at radius 2 is 1.95 bits per heavy atom. The van der Waals surface area contributed by atoms with Crippen LogP contribution in [0, 0.1) is 0 Å². The van der Waals surface area contributed by atoms with Crippen LogP contribution in [0.15, 0.2) is 52.3 Å². The fourth-order valence-electron chi connectivity index (χ4n) is 2.23. The SMILES string of the molecule is COc1ccc(C(O)c2csc3ccccc23)c(Br)c1. The van der Waals surface area contributed by atoms with E-state index in [1.54, 1.807) is 18.4 Å². The minimum atomic E-state index is -0.647. The van der Waals surface area contributed by atoms with Gasteiger partial charge >= 0.3 is 0 Å². The first-order chi connectivity index (χ1) is 9.70. The zero-order valence-corrected chi connectivity index (χ0v) is 13.2. The molecule has 0 saturated heterocycles. The average molecular weight is 349 g/mol. The summed E-state index contributed by atoms with van der Waals surface area (Å²) in [6.45, 7) is 0. The molecule has 0 aliphatic heterocycles. The van der Waals surface area contributed by atoms with E-state index in [1.165, 1.54) is 4.70 Å². The van der Waals surface area contributed by atoms with Crippen LogP contribution in [0.25, 0.3) is 10.1 Å². The highest BCUT2D eigenvalue weighted by atomic mass is 79.9. The quantitative estimate of drug-likeness (QED) is 0.739. The molecule has 0 fully saturated rings. The molecule has 1 heterocycles. The smallest absolute Gasteiger partial charge is 0.120 e. The summed E-state index contributed by atoms with van der Waals surface area (Å²) in [7, 11) is 1.63. The fourth-order valence-corrected chi connectivity index (χ4v) is 3.79. The van der Waals surface area contributed by atoms with E-state index in [0.717, 1.165) is 26.7 Å². The van der Waals surface area contributed by atoms with Gasteiger partial charge in [0.15, 0.2) is 0 Å². The molecule has 0 saturated carbocycles. The first-order valence-corrected chi connectivity index (χ1v) is 7.85. The van der Waals surface area contributed by atoms with Crippen LogP contribution in [0.4, 0.5) is 0 Å². The molecule has 1 unspecified atom stereocenters.